The molecule has 6 nitrogen and oxygen atoms in total. The number of ether oxygens (including phenoxy) is 1. The summed E-state index contributed by atoms with van der Waals surface area (Å²) in [7, 11) is 0. The first kappa shape index (κ1) is 16.2. The molecule has 25 heavy (non-hydrogen) atoms. The zero-order valence-corrected chi connectivity index (χ0v) is 13.4. The molecule has 130 valence electrons. The highest BCUT2D eigenvalue weighted by Crippen LogP contribution is 2.35. The molecule has 0 aromatic heterocycles. The van der Waals surface area contributed by atoms with E-state index >= 15 is 0 Å². The summed E-state index contributed by atoms with van der Waals surface area (Å²) in [5.74, 6) is 12.7. The predicted molar refractivity (Wildman–Crippen MR) is 103 cm³/mol. The molecule has 1 aromatic carbocycles. The van der Waals surface area contributed by atoms with E-state index in [4.69, 9.17) is 20.8 Å². The van der Waals surface area contributed by atoms with Crippen molar-refractivity contribution in [3.8, 4) is 52.9 Å². The van der Waals surface area contributed by atoms with Crippen LogP contribution in [0, 0.1) is 35.7 Å². The van der Waals surface area contributed by atoms with Gasteiger partial charge in [0.15, 0.2) is 11.3 Å². The molecule has 0 bridgehead atoms. The summed E-state index contributed by atoms with van der Waals surface area (Å²) in [5.41, 5.74) is -1.03. The molecule has 0 amide bonds. The number of aromatic amines is 1. The van der Waals surface area contributed by atoms with Gasteiger partial charge >= 0.3 is 5.69 Å². The minimum absolute atomic E-state index is 0. The number of hydrogen-bond donors (Lipinski definition) is 1. The monoisotopic (exact) mass is 360 g/mol. The van der Waals surface area contributed by atoms with Gasteiger partial charge in [-0.3, -0.25) is 9.78 Å². The zero-order valence-electron chi connectivity index (χ0n) is 12.7. The minimum Gasteiger partial charge on any atom is -0.436 e. The Morgan fingerprint density at radius 3 is 2.84 bits per heavy atom. The maximum atomic E-state index is 11.8. The van der Waals surface area contributed by atoms with Crippen LogP contribution in [0.2, 0.25) is 5.02 Å². The Hall–Kier alpha value is -3.66. The maximum Gasteiger partial charge on any atom is 0.351 e. The summed E-state index contributed by atoms with van der Waals surface area (Å²) in [6.45, 7) is 1.67. The zero-order chi connectivity index (χ0) is 17.8. The lowest BCUT2D eigenvalue weighted by Gasteiger charge is -2.07. The lowest BCUT2D eigenvalue weighted by Crippen LogP contribution is -2.24. The number of nitrogens with zero attached hydrogens (tertiary/aromatic N) is 1. The number of nitrogens with one attached hydrogen (secondary N) is 1. The van der Waals surface area contributed by atoms with Crippen LogP contribution in [-0.2, 0) is 0 Å². The van der Waals surface area contributed by atoms with Crippen LogP contribution in [0.4, 0.5) is 0 Å². The van der Waals surface area contributed by atoms with Gasteiger partial charge in [0.05, 0.1) is 0 Å². The van der Waals surface area contributed by atoms with Crippen molar-refractivity contribution in [1.82, 2.24) is 9.97 Å². The summed E-state index contributed by atoms with van der Waals surface area (Å²) in [6.07, 6.45) is 2.38. The molecule has 1 N–H and O–H groups in total. The van der Waals surface area contributed by atoms with Crippen molar-refractivity contribution in [3.05, 3.63) is 44.1 Å². The number of H-pyrrole nitrogens is 1. The van der Waals surface area contributed by atoms with Gasteiger partial charge in [0.25, 0.3) is 5.56 Å². The number of rotatable bonds is 1. The van der Waals surface area contributed by atoms with Crippen molar-refractivity contribution in [2.45, 2.75) is 6.92 Å². The predicted octanol–water partition coefficient (Wildman–Crippen LogP) is 3.23. The van der Waals surface area contributed by atoms with Crippen LogP contribution in [0.1, 0.15) is 14.1 Å². The van der Waals surface area contributed by atoms with Crippen LogP contribution in [0.15, 0.2) is 32.2 Å². The van der Waals surface area contributed by atoms with Crippen molar-refractivity contribution < 1.29 is 16.3 Å². The average molecular weight is 361 g/mol. The van der Waals surface area contributed by atoms with Gasteiger partial charge in [-0.1, -0.05) is 17.5 Å². The highest BCUT2D eigenvalue weighted by atomic mass is 35.5. The molecule has 0 saturated carbocycles. The van der Waals surface area contributed by atoms with E-state index in [0.717, 1.165) is 0 Å². The summed E-state index contributed by atoms with van der Waals surface area (Å²) in [5, 5.41) is 0.673. The van der Waals surface area contributed by atoms with E-state index in [1.807, 2.05) is 0 Å². The van der Waals surface area contributed by atoms with Crippen molar-refractivity contribution >= 4 is 22.6 Å². The maximum absolute atomic E-state index is 11.8. The highest BCUT2D eigenvalue weighted by Gasteiger charge is 2.17. The normalized spacial score (nSPS) is 9.36. The molecule has 0 unspecified atom stereocenters. The van der Waals surface area contributed by atoms with Crippen molar-refractivity contribution in [2.24, 2.45) is 0 Å². The Morgan fingerprint density at radius 2 is 2.04 bits per heavy atom. The molecule has 0 fully saturated rings. The molecule has 1 aromatic rings. The number of hydrogen-bond acceptors (Lipinski definition) is 5. The second-order valence-electron chi connectivity index (χ2n) is 4.59. The van der Waals surface area contributed by atoms with E-state index in [1.165, 1.54) is 6.07 Å². The van der Waals surface area contributed by atoms with Crippen molar-refractivity contribution in [2.75, 3.05) is 0 Å². The number of fused-ring (bicyclic) bond motifs is 2. The van der Waals surface area contributed by atoms with Crippen LogP contribution in [0.3, 0.4) is 0 Å². The van der Waals surface area contributed by atoms with Crippen LogP contribution in [0.25, 0.3) is 22.4 Å². The van der Waals surface area contributed by atoms with E-state index in [-0.39, 0.29) is 34.9 Å². The molecule has 0 saturated heterocycles. The molecule has 2 aliphatic heterocycles. The Bertz CT molecular complexity index is 1270. The molecule has 0 radical (unpaired) electrons. The molecular formula is C18H17ClN2O4. The van der Waals surface area contributed by atoms with Gasteiger partial charge in [-0.15, -0.1) is 0 Å². The highest BCUT2D eigenvalue weighted by molar-refractivity contribution is 6.36. The van der Waals surface area contributed by atoms with Crippen molar-refractivity contribution in [3.63, 3.8) is 0 Å². The van der Waals surface area contributed by atoms with Crippen LogP contribution < -0.4 is 16.0 Å². The van der Waals surface area contributed by atoms with Crippen LogP contribution in [-0.4, -0.2) is 9.97 Å². The second kappa shape index (κ2) is 6.84. The van der Waals surface area contributed by atoms with Gasteiger partial charge in [-0.05, 0) is 37.0 Å². The van der Waals surface area contributed by atoms with Gasteiger partial charge < -0.3 is 9.15 Å². The fourth-order valence-electron chi connectivity index (χ4n) is 1.98. The number of halogens is 1. The van der Waals surface area contributed by atoms with Gasteiger partial charge in [0, 0.05) is 24.4 Å². The van der Waals surface area contributed by atoms with Gasteiger partial charge in [-0.2, -0.15) is 4.98 Å². The summed E-state index contributed by atoms with van der Waals surface area (Å²) in [6, 6.07) is 4.74. The Kier molecular flexibility index (Phi) is 4.44. The van der Waals surface area contributed by atoms with Crippen LogP contribution >= 0.6 is 11.6 Å². The summed E-state index contributed by atoms with van der Waals surface area (Å²) >= 11 is 6.25. The molecule has 2 heterocycles. The van der Waals surface area contributed by atoms with E-state index in [0.29, 0.717) is 5.39 Å². The number of benzene rings is 1. The van der Waals surface area contributed by atoms with Crippen LogP contribution in [0.5, 0.6) is 5.75 Å². The lowest BCUT2D eigenvalue weighted by atomic mass is 10.1. The topological polar surface area (TPSA) is 85.2 Å². The molecule has 0 atom stereocenters. The third-order valence-electron chi connectivity index (χ3n) is 3.01. The summed E-state index contributed by atoms with van der Waals surface area (Å²) in [4.78, 5) is 28.8. The standard InChI is InChI=1S/C18H7ClN2O4.5H2/c1-2-3-4-5-6-9-24-13-8-7-11-10-12-16(22)20-18(23)21-17(12)25-15(11)14(13)19;;;;;/h7-8,10H,1H3,(H,20,22,23);5*1H. The van der Waals surface area contributed by atoms with E-state index < -0.39 is 11.2 Å². The largest absolute Gasteiger partial charge is 0.436 e. The smallest absolute Gasteiger partial charge is 0.351 e. The van der Waals surface area contributed by atoms with Crippen molar-refractivity contribution in [1.29, 1.82) is 0 Å². The molecule has 0 aliphatic carbocycles. The third kappa shape index (κ3) is 3.33. The number of aromatic nitrogens is 2. The first-order chi connectivity index (χ1) is 12.1. The molecule has 3 rings (SSSR count). The van der Waals surface area contributed by atoms with Gasteiger partial charge in [-0.25, -0.2) is 4.79 Å². The van der Waals surface area contributed by atoms with E-state index in [1.54, 1.807) is 19.1 Å². The first-order valence-electron chi connectivity index (χ1n) is 6.85. The average Bonchev–Trinajstić information content (AvgIpc) is 2.59. The quantitative estimate of drug-likeness (QED) is 0.532. The second-order valence-corrected chi connectivity index (χ2v) is 4.96. The SMILES string of the molecule is CC#CC#CC#COc1ccc2cc3c(=O)[nH]c(=O)nc-3oc2c1Cl.[HH].[HH].[HH].[HH].[HH]. The molecular weight excluding hydrogens is 344 g/mol. The van der Waals surface area contributed by atoms with E-state index in [9.17, 15) is 9.59 Å². The van der Waals surface area contributed by atoms with Gasteiger partial charge in [0.1, 0.15) is 16.7 Å². The minimum atomic E-state index is -0.802. The lowest BCUT2D eigenvalue weighted by molar-refractivity contribution is 0.517. The Labute approximate surface area is 153 Å². The molecule has 7 heteroatoms. The molecule has 2 aliphatic rings. The van der Waals surface area contributed by atoms with E-state index in [2.05, 4.69) is 45.7 Å². The van der Waals surface area contributed by atoms with Gasteiger partial charge in [0.2, 0.25) is 5.89 Å². The summed E-state index contributed by atoms with van der Waals surface area (Å²) < 4.78 is 10.7. The fourth-order valence-corrected chi connectivity index (χ4v) is 2.23. The first-order valence-corrected chi connectivity index (χ1v) is 7.23. The Morgan fingerprint density at radius 1 is 1.24 bits per heavy atom. The Balaban J connectivity index is -0.00000146. The fraction of sp³-hybridized carbons (Fsp3) is 0.0556. The molecule has 0 spiro atoms. The third-order valence-corrected chi connectivity index (χ3v) is 3.37.